The van der Waals surface area contributed by atoms with Gasteiger partial charge in [-0.25, -0.2) is 15.0 Å². The Morgan fingerprint density at radius 3 is 2.05 bits per heavy atom. The summed E-state index contributed by atoms with van der Waals surface area (Å²) in [4.78, 5) is 16.2. The molecule has 6 heteroatoms. The largest absolute Gasteiger partial charge is 0.458 e. The number of para-hydroxylation sites is 1. The van der Waals surface area contributed by atoms with Crippen molar-refractivity contribution in [2.45, 2.75) is 12.5 Å². The number of hydrogen-bond donors (Lipinski definition) is 0. The van der Waals surface area contributed by atoms with Crippen molar-refractivity contribution in [1.82, 2.24) is 19.5 Å². The lowest BCUT2D eigenvalue weighted by Crippen LogP contribution is -2.35. The molecule has 1 aliphatic rings. The minimum atomic E-state index is -1.02. The molecule has 0 saturated carbocycles. The first kappa shape index (κ1) is 36.5. The molecule has 0 radical (unpaired) electrons. The molecule has 1 atom stereocenters. The van der Waals surface area contributed by atoms with Gasteiger partial charge in [0.1, 0.15) is 22.7 Å². The van der Waals surface area contributed by atoms with Crippen molar-refractivity contribution in [1.29, 1.82) is 0 Å². The molecule has 6 nitrogen and oxygen atoms in total. The highest BCUT2D eigenvalue weighted by molar-refractivity contribution is 6.23. The monoisotopic (exact) mass is 810 g/mol. The lowest BCUT2D eigenvalue weighted by molar-refractivity contribution is 0.401. The molecule has 0 saturated heterocycles. The number of aromatic nitrogens is 4. The van der Waals surface area contributed by atoms with Crippen LogP contribution < -0.4 is 0 Å². The molecule has 298 valence electrons. The minimum absolute atomic E-state index is 0.462. The van der Waals surface area contributed by atoms with Crippen LogP contribution in [0.2, 0.25) is 0 Å². The van der Waals surface area contributed by atoms with Crippen molar-refractivity contribution in [2.24, 2.45) is 0 Å². The van der Waals surface area contributed by atoms with E-state index in [0.29, 0.717) is 29.0 Å². The number of fused-ring (bicyclic) bond motifs is 10. The summed E-state index contributed by atoms with van der Waals surface area (Å²) in [6.45, 7) is 11.0. The molecule has 0 amide bonds. The van der Waals surface area contributed by atoms with Crippen molar-refractivity contribution in [3.8, 4) is 22.8 Å². The summed E-state index contributed by atoms with van der Waals surface area (Å²) in [6, 6.07) is 59.0. The van der Waals surface area contributed by atoms with Gasteiger partial charge in [-0.15, -0.1) is 0 Å². The maximum atomic E-state index is 6.39. The number of nitrogens with zero attached hydrogens (tertiary/aromatic N) is 4. The number of benzene rings is 8. The fourth-order valence-corrected chi connectivity index (χ4v) is 9.74. The molecule has 0 fully saturated rings. The Morgan fingerprint density at radius 2 is 1.19 bits per heavy atom. The Labute approximate surface area is 363 Å². The quantitative estimate of drug-likeness (QED) is 0.177. The van der Waals surface area contributed by atoms with E-state index in [1.807, 2.05) is 78.9 Å². The Hall–Kier alpha value is -8.35. The molecule has 3 aromatic heterocycles. The van der Waals surface area contributed by atoms with Crippen LogP contribution in [-0.4, -0.2) is 19.5 Å². The van der Waals surface area contributed by atoms with Crippen LogP contribution in [0.5, 0.6) is 0 Å². The zero-order chi connectivity index (χ0) is 42.2. The molecule has 11 aromatic rings. The average Bonchev–Trinajstić information content (AvgIpc) is 3.88. The first-order valence-corrected chi connectivity index (χ1v) is 21.1. The summed E-state index contributed by atoms with van der Waals surface area (Å²) in [5, 5.41) is 8.91. The molecule has 8 aromatic carbocycles. The SMILES string of the molecule is C=C1/C=C\C=C(\c2nc(-c3ccccc3)nc(-c3cccc4oc5ccccc5c34)n2)C(C)(n2c3cc4ccccc4cc3c3c4ccccc4ccc32)c2ccccc2C(=C)O1. The van der Waals surface area contributed by atoms with E-state index in [-0.39, 0.29) is 0 Å². The van der Waals surface area contributed by atoms with Crippen molar-refractivity contribution in [3.63, 3.8) is 0 Å². The summed E-state index contributed by atoms with van der Waals surface area (Å²) < 4.78 is 15.2. The van der Waals surface area contributed by atoms with Gasteiger partial charge in [-0.3, -0.25) is 0 Å². The van der Waals surface area contributed by atoms with Gasteiger partial charge >= 0.3 is 0 Å². The molecule has 1 aliphatic heterocycles. The third kappa shape index (κ3) is 5.69. The third-order valence-electron chi connectivity index (χ3n) is 12.6. The van der Waals surface area contributed by atoms with E-state index in [2.05, 4.69) is 134 Å². The topological polar surface area (TPSA) is 66.0 Å². The summed E-state index contributed by atoms with van der Waals surface area (Å²) in [5.74, 6) is 2.55. The highest BCUT2D eigenvalue weighted by Crippen LogP contribution is 2.49. The van der Waals surface area contributed by atoms with Crippen LogP contribution in [0.15, 0.2) is 211 Å². The molecule has 0 spiro atoms. The van der Waals surface area contributed by atoms with Gasteiger partial charge in [-0.05, 0) is 70.4 Å². The number of allylic oxidation sites excluding steroid dienone is 4. The first-order chi connectivity index (χ1) is 30.9. The van der Waals surface area contributed by atoms with Gasteiger partial charge in [-0.1, -0.05) is 165 Å². The molecule has 63 heavy (non-hydrogen) atoms. The summed E-state index contributed by atoms with van der Waals surface area (Å²) in [5.41, 5.74) is 7.02. The molecule has 0 bridgehead atoms. The van der Waals surface area contributed by atoms with Crippen LogP contribution in [0.1, 0.15) is 23.9 Å². The molecular weight excluding hydrogens is 773 g/mol. The van der Waals surface area contributed by atoms with E-state index in [4.69, 9.17) is 24.1 Å². The summed E-state index contributed by atoms with van der Waals surface area (Å²) in [7, 11) is 0. The average molecular weight is 811 g/mol. The molecule has 0 aliphatic carbocycles. The highest BCUT2D eigenvalue weighted by atomic mass is 16.5. The second-order valence-electron chi connectivity index (χ2n) is 16.2. The van der Waals surface area contributed by atoms with E-state index in [9.17, 15) is 0 Å². The Morgan fingerprint density at radius 1 is 0.524 bits per heavy atom. The van der Waals surface area contributed by atoms with Gasteiger partial charge in [0.2, 0.25) is 0 Å². The number of ether oxygens (including phenoxy) is 1. The molecule has 12 rings (SSSR count). The molecular formula is C57H38N4O2. The Bertz CT molecular complexity index is 3780. The second kappa shape index (κ2) is 14.1. The van der Waals surface area contributed by atoms with Gasteiger partial charge in [0.05, 0.1) is 16.6 Å². The lowest BCUT2D eigenvalue weighted by atomic mass is 9.79. The van der Waals surface area contributed by atoms with Crippen molar-refractivity contribution in [3.05, 3.63) is 224 Å². The minimum Gasteiger partial charge on any atom is -0.458 e. The Kier molecular flexibility index (Phi) is 8.18. The van der Waals surface area contributed by atoms with Crippen LogP contribution in [-0.2, 0) is 10.3 Å². The van der Waals surface area contributed by atoms with Gasteiger partial charge in [0.25, 0.3) is 0 Å². The van der Waals surface area contributed by atoms with Crippen molar-refractivity contribution < 1.29 is 9.15 Å². The van der Waals surface area contributed by atoms with Crippen LogP contribution in [0.25, 0.3) is 99.4 Å². The van der Waals surface area contributed by atoms with Gasteiger partial charge in [0.15, 0.2) is 17.5 Å². The van der Waals surface area contributed by atoms with Gasteiger partial charge in [-0.2, -0.15) is 0 Å². The van der Waals surface area contributed by atoms with E-state index in [1.165, 1.54) is 21.5 Å². The first-order valence-electron chi connectivity index (χ1n) is 21.1. The molecule has 0 N–H and O–H groups in total. The van der Waals surface area contributed by atoms with Crippen molar-refractivity contribution in [2.75, 3.05) is 0 Å². The van der Waals surface area contributed by atoms with E-state index >= 15 is 0 Å². The van der Waals surface area contributed by atoms with Crippen molar-refractivity contribution >= 4 is 76.6 Å². The maximum Gasteiger partial charge on any atom is 0.164 e. The van der Waals surface area contributed by atoms with Gasteiger partial charge in [0, 0.05) is 43.8 Å². The molecule has 1 unspecified atom stereocenters. The van der Waals surface area contributed by atoms with Crippen LogP contribution >= 0.6 is 0 Å². The summed E-state index contributed by atoms with van der Waals surface area (Å²) >= 11 is 0. The normalized spacial score (nSPS) is 17.0. The Balaban J connectivity index is 1.25. The third-order valence-corrected chi connectivity index (χ3v) is 12.6. The number of furan rings is 1. The smallest absolute Gasteiger partial charge is 0.164 e. The van der Waals surface area contributed by atoms with Crippen LogP contribution in [0.3, 0.4) is 0 Å². The molecule has 4 heterocycles. The fraction of sp³-hybridized carbons (Fsp3) is 0.0351. The number of hydrogen-bond acceptors (Lipinski definition) is 5. The zero-order valence-electron chi connectivity index (χ0n) is 34.4. The summed E-state index contributed by atoms with van der Waals surface area (Å²) in [6.07, 6.45) is 5.96. The standard InChI is InChI=1S/C57H38N4O2/c1-35-17-15-28-47(56-59-54(38-19-5-4-6-20-38)58-55(60-56)44-26-16-30-51-53(44)43-25-12-14-29-50(43)63-51)57(3,46-27-13-11-23-41(46)36(2)62-35)61-48-32-31-37-18-9-10-24-42(37)52(48)45-33-39-21-7-8-22-40(39)34-49(45)61/h4-34H,1-2H2,3H3/b17-15-,47-28-. The number of rotatable bonds is 4. The maximum absolute atomic E-state index is 6.39. The van der Waals surface area contributed by atoms with E-state index in [0.717, 1.165) is 71.6 Å². The second-order valence-corrected chi connectivity index (χ2v) is 16.2. The zero-order valence-corrected chi connectivity index (χ0v) is 34.4. The lowest BCUT2D eigenvalue weighted by Gasteiger charge is -2.38. The van der Waals surface area contributed by atoms with E-state index < -0.39 is 5.54 Å². The van der Waals surface area contributed by atoms with Crippen LogP contribution in [0.4, 0.5) is 0 Å². The van der Waals surface area contributed by atoms with E-state index in [1.54, 1.807) is 0 Å². The van der Waals surface area contributed by atoms with Crippen LogP contribution in [0, 0.1) is 0 Å². The highest BCUT2D eigenvalue weighted by Gasteiger charge is 2.41. The van der Waals surface area contributed by atoms with Gasteiger partial charge < -0.3 is 13.7 Å². The predicted octanol–water partition coefficient (Wildman–Crippen LogP) is 14.4. The predicted molar refractivity (Wildman–Crippen MR) is 258 cm³/mol. The fourth-order valence-electron chi connectivity index (χ4n) is 9.74.